The summed E-state index contributed by atoms with van der Waals surface area (Å²) in [5, 5.41) is 13.8. The fourth-order valence-electron chi connectivity index (χ4n) is 2.84. The van der Waals surface area contributed by atoms with Gasteiger partial charge in [0.2, 0.25) is 11.5 Å². The van der Waals surface area contributed by atoms with E-state index in [9.17, 15) is 24.5 Å². The summed E-state index contributed by atoms with van der Waals surface area (Å²) < 4.78 is 15.2. The highest BCUT2D eigenvalue weighted by Crippen LogP contribution is 2.36. The molecule has 1 saturated heterocycles. The van der Waals surface area contributed by atoms with Crippen LogP contribution in [0.2, 0.25) is 5.02 Å². The number of nitro groups is 1. The van der Waals surface area contributed by atoms with Crippen LogP contribution in [-0.2, 0) is 16.1 Å². The highest BCUT2D eigenvalue weighted by molar-refractivity contribution is 6.31. The van der Waals surface area contributed by atoms with Gasteiger partial charge in [-0.15, -0.1) is 0 Å². The maximum Gasteiger partial charge on any atom is 0.373 e. The Kier molecular flexibility index (Phi) is 6.59. The van der Waals surface area contributed by atoms with Gasteiger partial charge in [-0.05, 0) is 24.3 Å². The minimum Gasteiger partial charge on any atom is -0.482 e. The van der Waals surface area contributed by atoms with E-state index in [4.69, 9.17) is 20.8 Å². The molecule has 0 aliphatic carbocycles. The Labute approximate surface area is 186 Å². The van der Waals surface area contributed by atoms with Gasteiger partial charge in [0.25, 0.3) is 5.91 Å². The van der Waals surface area contributed by atoms with Crippen LogP contribution < -0.4 is 10.1 Å². The summed E-state index contributed by atoms with van der Waals surface area (Å²) in [7, 11) is 1.19. The van der Waals surface area contributed by atoms with Crippen LogP contribution in [-0.4, -0.2) is 41.4 Å². The summed E-state index contributed by atoms with van der Waals surface area (Å²) in [6.07, 6.45) is 2.62. The van der Waals surface area contributed by atoms with Gasteiger partial charge in [-0.3, -0.25) is 19.8 Å². The second kappa shape index (κ2) is 9.35. The number of hydrogen-bond acceptors (Lipinski definition) is 8. The summed E-state index contributed by atoms with van der Waals surface area (Å²) in [6.45, 7) is 3.21. The number of nitrogens with zero attached hydrogens (tertiary/aromatic N) is 2. The van der Waals surface area contributed by atoms with E-state index in [0.717, 1.165) is 11.0 Å². The van der Waals surface area contributed by atoms with Gasteiger partial charge in [0.1, 0.15) is 18.1 Å². The molecule has 1 aromatic heterocycles. The van der Waals surface area contributed by atoms with Gasteiger partial charge >= 0.3 is 17.7 Å². The Hall–Kier alpha value is -4.12. The summed E-state index contributed by atoms with van der Waals surface area (Å²) in [5.74, 6) is -1.47. The molecule has 166 valence electrons. The van der Waals surface area contributed by atoms with Crippen LogP contribution in [0.25, 0.3) is 6.08 Å². The molecule has 1 aliphatic heterocycles. The molecular weight excluding hydrogens is 446 g/mol. The van der Waals surface area contributed by atoms with Crippen LogP contribution >= 0.6 is 11.6 Å². The van der Waals surface area contributed by atoms with Gasteiger partial charge in [-0.1, -0.05) is 24.3 Å². The van der Waals surface area contributed by atoms with Crippen molar-refractivity contribution in [1.29, 1.82) is 0 Å². The number of amides is 3. The molecule has 2 heterocycles. The smallest absolute Gasteiger partial charge is 0.373 e. The first-order valence-corrected chi connectivity index (χ1v) is 9.36. The second-order valence-electron chi connectivity index (χ2n) is 6.34. The molecule has 12 heteroatoms. The van der Waals surface area contributed by atoms with Crippen LogP contribution in [0, 0.1) is 10.1 Å². The number of nitrogens with one attached hydrogen (secondary N) is 1. The zero-order valence-corrected chi connectivity index (χ0v) is 17.4. The Balaban J connectivity index is 1.91. The highest BCUT2D eigenvalue weighted by atomic mass is 35.5. The zero-order chi connectivity index (χ0) is 23.4. The summed E-state index contributed by atoms with van der Waals surface area (Å²) in [5.41, 5.74) is -0.456. The van der Waals surface area contributed by atoms with Crippen molar-refractivity contribution in [2.45, 2.75) is 6.54 Å². The molecule has 1 fully saturated rings. The molecule has 0 bridgehead atoms. The van der Waals surface area contributed by atoms with Gasteiger partial charge in [0.05, 0.1) is 18.6 Å². The van der Waals surface area contributed by atoms with E-state index in [0.29, 0.717) is 0 Å². The maximum atomic E-state index is 12.8. The molecule has 3 amide bonds. The molecule has 1 aromatic carbocycles. The molecular formula is C20H16ClN3O8. The van der Waals surface area contributed by atoms with Crippen LogP contribution in [0.5, 0.6) is 5.75 Å². The molecule has 2 aromatic rings. The number of rotatable bonds is 8. The van der Waals surface area contributed by atoms with E-state index in [1.165, 1.54) is 37.5 Å². The molecule has 11 nitrogen and oxygen atoms in total. The summed E-state index contributed by atoms with van der Waals surface area (Å²) >= 11 is 5.98. The van der Waals surface area contributed by atoms with Gasteiger partial charge in [-0.25, -0.2) is 9.59 Å². The number of urea groups is 1. The van der Waals surface area contributed by atoms with Crippen LogP contribution in [0.4, 0.5) is 10.5 Å². The van der Waals surface area contributed by atoms with Crippen molar-refractivity contribution in [3.63, 3.8) is 0 Å². The molecule has 0 radical (unpaired) electrons. The number of furan rings is 1. The number of carbonyl (C=O) groups excluding carboxylic acids is 3. The molecule has 32 heavy (non-hydrogen) atoms. The van der Waals surface area contributed by atoms with Crippen LogP contribution in [0.1, 0.15) is 21.9 Å². The Bertz CT molecular complexity index is 1150. The van der Waals surface area contributed by atoms with Gasteiger partial charge in [-0.2, -0.15) is 0 Å². The molecule has 0 saturated carbocycles. The number of nitro benzene ring substituents is 1. The number of imide groups is 1. The lowest BCUT2D eigenvalue weighted by atomic mass is 10.1. The molecule has 0 unspecified atom stereocenters. The summed E-state index contributed by atoms with van der Waals surface area (Å²) in [4.78, 5) is 48.2. The number of benzene rings is 1. The van der Waals surface area contributed by atoms with Crippen molar-refractivity contribution in [3.8, 4) is 5.75 Å². The Morgan fingerprint density at radius 3 is 2.78 bits per heavy atom. The van der Waals surface area contributed by atoms with Crippen molar-refractivity contribution < 1.29 is 33.2 Å². The number of halogens is 1. The van der Waals surface area contributed by atoms with E-state index >= 15 is 0 Å². The standard InChI is InChI=1S/C20H16ClN3O8/c1-3-6-31-17-11(7-12(21)9-15(17)24(28)29)8-14-18(25)23(20(27)22-14)10-13-4-5-16(32-13)19(26)30-2/h3-5,7-9H,1,6,10H2,2H3,(H,22,27). The number of esters is 1. The minimum absolute atomic E-state index is 0.0356. The van der Waals surface area contributed by atoms with E-state index in [-0.39, 0.29) is 46.7 Å². The first-order chi connectivity index (χ1) is 15.2. The SMILES string of the molecule is C=CCOc1c(C=C2NC(=O)N(Cc3ccc(C(=O)OC)o3)C2=O)cc(Cl)cc1[N+](=O)[O-]. The molecule has 0 spiro atoms. The quantitative estimate of drug-likeness (QED) is 0.158. The van der Waals surface area contributed by atoms with Crippen molar-refractivity contribution in [1.82, 2.24) is 10.2 Å². The first kappa shape index (κ1) is 22.6. The highest BCUT2D eigenvalue weighted by Gasteiger charge is 2.35. The average Bonchev–Trinajstić information content (AvgIpc) is 3.32. The fourth-order valence-corrected chi connectivity index (χ4v) is 3.06. The number of ether oxygens (including phenoxy) is 2. The third-order valence-corrected chi connectivity index (χ3v) is 4.45. The number of hydrogen-bond donors (Lipinski definition) is 1. The lowest BCUT2D eigenvalue weighted by Gasteiger charge is -2.10. The lowest BCUT2D eigenvalue weighted by Crippen LogP contribution is -2.30. The number of methoxy groups -OCH3 is 1. The van der Waals surface area contributed by atoms with E-state index in [1.54, 1.807) is 0 Å². The summed E-state index contributed by atoms with van der Waals surface area (Å²) in [6, 6.07) is 4.50. The average molecular weight is 462 g/mol. The topological polar surface area (TPSA) is 141 Å². The predicted molar refractivity (Wildman–Crippen MR) is 111 cm³/mol. The minimum atomic E-state index is -0.748. The Morgan fingerprint density at radius 1 is 1.38 bits per heavy atom. The van der Waals surface area contributed by atoms with Gasteiger partial charge in [0.15, 0.2) is 0 Å². The first-order valence-electron chi connectivity index (χ1n) is 8.98. The largest absolute Gasteiger partial charge is 0.482 e. The third kappa shape index (κ3) is 4.62. The molecule has 3 rings (SSSR count). The van der Waals surface area contributed by atoms with E-state index in [2.05, 4.69) is 16.6 Å². The van der Waals surface area contributed by atoms with Crippen molar-refractivity contribution >= 4 is 41.3 Å². The predicted octanol–water partition coefficient (Wildman–Crippen LogP) is 3.29. The lowest BCUT2D eigenvalue weighted by molar-refractivity contribution is -0.385. The van der Waals surface area contributed by atoms with Crippen LogP contribution in [0.15, 0.2) is 47.0 Å². The zero-order valence-electron chi connectivity index (χ0n) is 16.6. The monoisotopic (exact) mass is 461 g/mol. The van der Waals surface area contributed by atoms with E-state index < -0.39 is 28.5 Å². The number of carbonyl (C=O) groups is 3. The van der Waals surface area contributed by atoms with Crippen LogP contribution in [0.3, 0.4) is 0 Å². The maximum absolute atomic E-state index is 12.8. The molecule has 1 N–H and O–H groups in total. The third-order valence-electron chi connectivity index (χ3n) is 4.23. The second-order valence-corrected chi connectivity index (χ2v) is 6.77. The van der Waals surface area contributed by atoms with Gasteiger partial charge in [0, 0.05) is 16.7 Å². The van der Waals surface area contributed by atoms with Gasteiger partial charge < -0.3 is 19.2 Å². The van der Waals surface area contributed by atoms with Crippen molar-refractivity contribution in [2.24, 2.45) is 0 Å². The van der Waals surface area contributed by atoms with Crippen molar-refractivity contribution in [2.75, 3.05) is 13.7 Å². The molecule has 1 aliphatic rings. The molecule has 0 atom stereocenters. The Morgan fingerprint density at radius 2 is 2.12 bits per heavy atom. The van der Waals surface area contributed by atoms with Crippen molar-refractivity contribution in [3.05, 3.63) is 74.8 Å². The van der Waals surface area contributed by atoms with E-state index in [1.807, 2.05) is 0 Å². The normalized spacial score (nSPS) is 14.4. The fraction of sp³-hybridized carbons (Fsp3) is 0.150.